The summed E-state index contributed by atoms with van der Waals surface area (Å²) in [5, 5.41) is 2.81. The molecule has 2 aliphatic rings. The lowest BCUT2D eigenvalue weighted by Crippen LogP contribution is -2.48. The zero-order valence-corrected chi connectivity index (χ0v) is 9.24. The molecule has 1 saturated heterocycles. The third-order valence-corrected chi connectivity index (χ3v) is 3.72. The van der Waals surface area contributed by atoms with Gasteiger partial charge >= 0.3 is 6.03 Å². The fourth-order valence-corrected chi connectivity index (χ4v) is 2.88. The molecule has 0 bridgehead atoms. The third kappa shape index (κ3) is 2.84. The zero-order chi connectivity index (χ0) is 10.7. The average molecular weight is 211 g/mol. The lowest BCUT2D eigenvalue weighted by Gasteiger charge is -2.35. The van der Waals surface area contributed by atoms with Crippen LogP contribution in [-0.2, 0) is 0 Å². The molecule has 0 unspecified atom stereocenters. The Morgan fingerprint density at radius 2 is 1.73 bits per heavy atom. The summed E-state index contributed by atoms with van der Waals surface area (Å²) in [6.07, 6.45) is 7.63. The topological polar surface area (TPSA) is 58.4 Å². The Hall–Kier alpha value is -0.770. The molecule has 1 aliphatic carbocycles. The normalized spacial score (nSPS) is 25.6. The summed E-state index contributed by atoms with van der Waals surface area (Å²) in [5.41, 5.74) is 5.12. The summed E-state index contributed by atoms with van der Waals surface area (Å²) in [6.45, 7) is 2.24. The van der Waals surface area contributed by atoms with E-state index in [9.17, 15) is 4.79 Å². The van der Waals surface area contributed by atoms with Crippen LogP contribution in [0.15, 0.2) is 0 Å². The number of nitrogens with zero attached hydrogens (tertiary/aromatic N) is 1. The quantitative estimate of drug-likeness (QED) is 0.717. The highest BCUT2D eigenvalue weighted by molar-refractivity contribution is 5.71. The van der Waals surface area contributed by atoms with Gasteiger partial charge in [-0.2, -0.15) is 0 Å². The van der Waals surface area contributed by atoms with Gasteiger partial charge in [0.2, 0.25) is 0 Å². The van der Waals surface area contributed by atoms with E-state index < -0.39 is 0 Å². The molecule has 0 aromatic carbocycles. The molecular formula is C11H21N3O. The summed E-state index contributed by atoms with van der Waals surface area (Å²) >= 11 is 0. The average Bonchev–Trinajstić information content (AvgIpc) is 2.71. The number of hydrogen-bond donors (Lipinski definition) is 2. The van der Waals surface area contributed by atoms with E-state index >= 15 is 0 Å². The van der Waals surface area contributed by atoms with Crippen molar-refractivity contribution in [2.45, 2.75) is 50.6 Å². The van der Waals surface area contributed by atoms with Gasteiger partial charge in [-0.1, -0.05) is 12.8 Å². The molecule has 0 spiro atoms. The van der Waals surface area contributed by atoms with Gasteiger partial charge in [0.25, 0.3) is 0 Å². The van der Waals surface area contributed by atoms with E-state index in [1.165, 1.54) is 25.7 Å². The standard InChI is InChI=1S/C11H21N3O/c12-11(15)13-9-5-7-14(8-6-9)10-3-1-2-4-10/h9-10H,1-8H2,(H3,12,13,15). The number of nitrogens with two attached hydrogens (primary N) is 1. The first-order chi connectivity index (χ1) is 7.25. The second kappa shape index (κ2) is 4.84. The maximum Gasteiger partial charge on any atom is 0.312 e. The molecule has 0 radical (unpaired) electrons. The number of amides is 2. The summed E-state index contributed by atoms with van der Waals surface area (Å²) in [4.78, 5) is 13.3. The smallest absolute Gasteiger partial charge is 0.312 e. The van der Waals surface area contributed by atoms with E-state index in [4.69, 9.17) is 5.73 Å². The molecule has 0 atom stereocenters. The number of hydrogen-bond acceptors (Lipinski definition) is 2. The van der Waals surface area contributed by atoms with Crippen molar-refractivity contribution < 1.29 is 4.79 Å². The van der Waals surface area contributed by atoms with Crippen molar-refractivity contribution in [1.29, 1.82) is 0 Å². The Kier molecular flexibility index (Phi) is 3.46. The van der Waals surface area contributed by atoms with E-state index in [2.05, 4.69) is 10.2 Å². The Bertz CT molecular complexity index is 218. The monoisotopic (exact) mass is 211 g/mol. The van der Waals surface area contributed by atoms with E-state index in [0.29, 0.717) is 6.04 Å². The Morgan fingerprint density at radius 3 is 2.27 bits per heavy atom. The maximum atomic E-state index is 10.7. The highest BCUT2D eigenvalue weighted by atomic mass is 16.2. The number of carbonyl (C=O) groups is 1. The number of rotatable bonds is 2. The van der Waals surface area contributed by atoms with Gasteiger partial charge in [-0.15, -0.1) is 0 Å². The fraction of sp³-hybridized carbons (Fsp3) is 0.909. The first-order valence-corrected chi connectivity index (χ1v) is 6.06. The van der Waals surface area contributed by atoms with Crippen molar-refractivity contribution in [2.75, 3.05) is 13.1 Å². The van der Waals surface area contributed by atoms with Crippen molar-refractivity contribution in [2.24, 2.45) is 5.73 Å². The van der Waals surface area contributed by atoms with Crippen LogP contribution in [0.3, 0.4) is 0 Å². The molecule has 15 heavy (non-hydrogen) atoms. The van der Waals surface area contributed by atoms with Gasteiger partial charge in [-0.05, 0) is 25.7 Å². The molecule has 4 nitrogen and oxygen atoms in total. The van der Waals surface area contributed by atoms with Crippen LogP contribution in [0.2, 0.25) is 0 Å². The fourth-order valence-electron chi connectivity index (χ4n) is 2.88. The van der Waals surface area contributed by atoms with E-state index in [1.54, 1.807) is 0 Å². The van der Waals surface area contributed by atoms with Crippen LogP contribution in [0.1, 0.15) is 38.5 Å². The molecule has 2 amide bonds. The highest BCUT2D eigenvalue weighted by Gasteiger charge is 2.27. The van der Waals surface area contributed by atoms with Crippen LogP contribution < -0.4 is 11.1 Å². The Balaban J connectivity index is 1.73. The molecule has 0 aromatic heterocycles. The second-order valence-electron chi connectivity index (χ2n) is 4.76. The van der Waals surface area contributed by atoms with Gasteiger partial charge in [-0.25, -0.2) is 4.79 Å². The largest absolute Gasteiger partial charge is 0.352 e. The van der Waals surface area contributed by atoms with Crippen molar-refractivity contribution in [3.05, 3.63) is 0 Å². The SMILES string of the molecule is NC(=O)NC1CCN(C2CCCC2)CC1. The van der Waals surface area contributed by atoms with Crippen LogP contribution in [0.5, 0.6) is 0 Å². The number of primary amides is 1. The van der Waals surface area contributed by atoms with E-state index in [1.807, 2.05) is 0 Å². The summed E-state index contributed by atoms with van der Waals surface area (Å²) < 4.78 is 0. The van der Waals surface area contributed by atoms with Crippen LogP contribution in [0.4, 0.5) is 4.79 Å². The summed E-state index contributed by atoms with van der Waals surface area (Å²) in [6, 6.07) is 0.744. The minimum atomic E-state index is -0.380. The minimum absolute atomic E-state index is 0.306. The van der Waals surface area contributed by atoms with Crippen LogP contribution in [-0.4, -0.2) is 36.1 Å². The summed E-state index contributed by atoms with van der Waals surface area (Å²) in [7, 11) is 0. The minimum Gasteiger partial charge on any atom is -0.352 e. The van der Waals surface area contributed by atoms with Crippen molar-refractivity contribution >= 4 is 6.03 Å². The second-order valence-corrected chi connectivity index (χ2v) is 4.76. The number of nitrogens with one attached hydrogen (secondary N) is 1. The predicted molar refractivity (Wildman–Crippen MR) is 59.6 cm³/mol. The third-order valence-electron chi connectivity index (χ3n) is 3.72. The molecule has 2 fully saturated rings. The van der Waals surface area contributed by atoms with Gasteiger partial charge in [0.05, 0.1) is 0 Å². The molecule has 4 heteroatoms. The van der Waals surface area contributed by atoms with Crippen molar-refractivity contribution in [3.8, 4) is 0 Å². The lowest BCUT2D eigenvalue weighted by atomic mass is 10.0. The van der Waals surface area contributed by atoms with Crippen LogP contribution in [0, 0.1) is 0 Å². The molecule has 1 aliphatic heterocycles. The number of piperidine rings is 1. The van der Waals surface area contributed by atoms with E-state index in [0.717, 1.165) is 32.0 Å². The van der Waals surface area contributed by atoms with Crippen molar-refractivity contribution in [3.63, 3.8) is 0 Å². The van der Waals surface area contributed by atoms with Crippen LogP contribution >= 0.6 is 0 Å². The zero-order valence-electron chi connectivity index (χ0n) is 9.24. The molecule has 1 heterocycles. The van der Waals surface area contributed by atoms with Crippen molar-refractivity contribution in [1.82, 2.24) is 10.2 Å². The van der Waals surface area contributed by atoms with Gasteiger partial charge < -0.3 is 16.0 Å². The first kappa shape index (κ1) is 10.7. The highest BCUT2D eigenvalue weighted by Crippen LogP contribution is 2.25. The summed E-state index contributed by atoms with van der Waals surface area (Å²) in [5.74, 6) is 0. The molecular weight excluding hydrogens is 190 g/mol. The van der Waals surface area contributed by atoms with Crippen LogP contribution in [0.25, 0.3) is 0 Å². The van der Waals surface area contributed by atoms with Gasteiger partial charge in [0.15, 0.2) is 0 Å². The lowest BCUT2D eigenvalue weighted by molar-refractivity contribution is 0.146. The molecule has 3 N–H and O–H groups in total. The molecule has 1 saturated carbocycles. The Labute approximate surface area is 91.2 Å². The molecule has 0 aromatic rings. The van der Waals surface area contributed by atoms with Gasteiger partial charge in [-0.3, -0.25) is 0 Å². The molecule has 86 valence electrons. The van der Waals surface area contributed by atoms with E-state index in [-0.39, 0.29) is 6.03 Å². The first-order valence-electron chi connectivity index (χ1n) is 6.06. The number of urea groups is 1. The maximum absolute atomic E-state index is 10.7. The van der Waals surface area contributed by atoms with Gasteiger partial charge in [0.1, 0.15) is 0 Å². The number of likely N-dealkylation sites (tertiary alicyclic amines) is 1. The number of carbonyl (C=O) groups excluding carboxylic acids is 1. The molecule has 2 rings (SSSR count). The predicted octanol–water partition coefficient (Wildman–Crippen LogP) is 1.06. The van der Waals surface area contributed by atoms with Gasteiger partial charge in [0, 0.05) is 25.2 Å². The Morgan fingerprint density at radius 1 is 1.13 bits per heavy atom.